The Balaban J connectivity index is 1.70. The van der Waals surface area contributed by atoms with Crippen LogP contribution >= 0.6 is 15.9 Å². The number of ether oxygens (including phenoxy) is 1. The number of nitrogens with zero attached hydrogens (tertiary/aromatic N) is 1. The molecule has 3 aromatic carbocycles. The lowest BCUT2D eigenvalue weighted by molar-refractivity contribution is 0.0697. The standard InChI is InChI=1S/C24H24BrNO3/c1-2-26(15-18-8-10-20(11-9-18)24(27)28)16-21-14-22(25)12-13-23(21)29-17-19-6-4-3-5-7-19/h3-14H,2,15-17H2,1H3,(H,27,28). The zero-order valence-electron chi connectivity index (χ0n) is 16.3. The summed E-state index contributed by atoms with van der Waals surface area (Å²) < 4.78 is 7.12. The molecule has 0 aromatic heterocycles. The molecule has 0 radical (unpaired) electrons. The maximum absolute atomic E-state index is 11.0. The zero-order valence-corrected chi connectivity index (χ0v) is 17.9. The van der Waals surface area contributed by atoms with Crippen LogP contribution < -0.4 is 4.74 Å². The molecule has 0 aliphatic rings. The van der Waals surface area contributed by atoms with Gasteiger partial charge >= 0.3 is 5.97 Å². The van der Waals surface area contributed by atoms with Crippen LogP contribution in [0, 0.1) is 0 Å². The van der Waals surface area contributed by atoms with Gasteiger partial charge in [-0.05, 0) is 48.0 Å². The first kappa shape index (κ1) is 21.1. The van der Waals surface area contributed by atoms with E-state index in [1.165, 1.54) is 0 Å². The fourth-order valence-electron chi connectivity index (χ4n) is 3.08. The van der Waals surface area contributed by atoms with E-state index in [9.17, 15) is 4.79 Å². The Morgan fingerprint density at radius 3 is 2.34 bits per heavy atom. The average Bonchev–Trinajstić information content (AvgIpc) is 2.73. The summed E-state index contributed by atoms with van der Waals surface area (Å²) >= 11 is 3.56. The van der Waals surface area contributed by atoms with E-state index in [0.29, 0.717) is 12.2 Å². The highest BCUT2D eigenvalue weighted by Crippen LogP contribution is 2.26. The van der Waals surface area contributed by atoms with Gasteiger partial charge in [0.2, 0.25) is 0 Å². The zero-order chi connectivity index (χ0) is 20.6. The molecule has 0 saturated carbocycles. The van der Waals surface area contributed by atoms with Gasteiger partial charge in [-0.25, -0.2) is 4.79 Å². The molecule has 0 aliphatic heterocycles. The molecule has 3 aromatic rings. The highest BCUT2D eigenvalue weighted by Gasteiger charge is 2.11. The molecule has 3 rings (SSSR count). The Bertz CT molecular complexity index is 942. The maximum Gasteiger partial charge on any atom is 0.335 e. The van der Waals surface area contributed by atoms with E-state index in [0.717, 1.165) is 46.5 Å². The molecular weight excluding hydrogens is 430 g/mol. The number of carboxylic acid groups (broad SMARTS) is 1. The summed E-state index contributed by atoms with van der Waals surface area (Å²) in [5, 5.41) is 9.06. The van der Waals surface area contributed by atoms with Gasteiger partial charge in [0.25, 0.3) is 0 Å². The Labute approximate surface area is 179 Å². The van der Waals surface area contributed by atoms with Crippen molar-refractivity contribution < 1.29 is 14.6 Å². The topological polar surface area (TPSA) is 49.8 Å². The molecular formula is C24H24BrNO3. The van der Waals surface area contributed by atoms with Gasteiger partial charge in [0.1, 0.15) is 12.4 Å². The molecule has 0 spiro atoms. The molecule has 0 aliphatic carbocycles. The Kier molecular flexibility index (Phi) is 7.44. The smallest absolute Gasteiger partial charge is 0.335 e. The number of benzene rings is 3. The van der Waals surface area contributed by atoms with Crippen molar-refractivity contribution in [1.29, 1.82) is 0 Å². The number of carboxylic acids is 1. The summed E-state index contributed by atoms with van der Waals surface area (Å²) in [7, 11) is 0. The summed E-state index contributed by atoms with van der Waals surface area (Å²) in [5.41, 5.74) is 3.63. The van der Waals surface area contributed by atoms with Crippen LogP contribution in [0.1, 0.15) is 34.0 Å². The molecule has 5 heteroatoms. The third-order valence-electron chi connectivity index (χ3n) is 4.71. The molecule has 0 bridgehead atoms. The summed E-state index contributed by atoms with van der Waals surface area (Å²) in [6.45, 7) is 4.99. The van der Waals surface area contributed by atoms with Crippen LogP contribution in [-0.2, 0) is 19.7 Å². The summed E-state index contributed by atoms with van der Waals surface area (Å²) in [5.74, 6) is -0.0324. The van der Waals surface area contributed by atoms with Crippen molar-refractivity contribution in [2.75, 3.05) is 6.54 Å². The molecule has 150 valence electrons. The van der Waals surface area contributed by atoms with E-state index in [2.05, 4.69) is 46.0 Å². The van der Waals surface area contributed by atoms with Crippen molar-refractivity contribution in [3.8, 4) is 5.75 Å². The number of rotatable bonds is 9. The van der Waals surface area contributed by atoms with E-state index in [4.69, 9.17) is 9.84 Å². The van der Waals surface area contributed by atoms with Gasteiger partial charge in [0.15, 0.2) is 0 Å². The summed E-state index contributed by atoms with van der Waals surface area (Å²) in [6.07, 6.45) is 0. The highest BCUT2D eigenvalue weighted by atomic mass is 79.9. The first-order valence-corrected chi connectivity index (χ1v) is 10.3. The van der Waals surface area contributed by atoms with Crippen molar-refractivity contribution in [3.05, 3.63) is 99.5 Å². The second-order valence-electron chi connectivity index (χ2n) is 6.83. The summed E-state index contributed by atoms with van der Waals surface area (Å²) in [4.78, 5) is 13.3. The lowest BCUT2D eigenvalue weighted by Gasteiger charge is -2.22. The van der Waals surface area contributed by atoms with Crippen LogP contribution in [0.5, 0.6) is 5.75 Å². The number of hydrogen-bond acceptors (Lipinski definition) is 3. The minimum atomic E-state index is -0.904. The predicted molar refractivity (Wildman–Crippen MR) is 118 cm³/mol. The Hall–Kier alpha value is -2.63. The van der Waals surface area contributed by atoms with Crippen LogP contribution in [0.3, 0.4) is 0 Å². The van der Waals surface area contributed by atoms with Gasteiger partial charge in [-0.3, -0.25) is 4.90 Å². The first-order chi connectivity index (χ1) is 14.0. The highest BCUT2D eigenvalue weighted by molar-refractivity contribution is 9.10. The molecule has 0 saturated heterocycles. The minimum absolute atomic E-state index is 0.306. The lowest BCUT2D eigenvalue weighted by Crippen LogP contribution is -2.22. The van der Waals surface area contributed by atoms with Crippen LogP contribution in [0.15, 0.2) is 77.3 Å². The van der Waals surface area contributed by atoms with Crippen LogP contribution in [0.2, 0.25) is 0 Å². The molecule has 0 atom stereocenters. The van der Waals surface area contributed by atoms with E-state index >= 15 is 0 Å². The van der Waals surface area contributed by atoms with Gasteiger partial charge < -0.3 is 9.84 Å². The lowest BCUT2D eigenvalue weighted by atomic mass is 10.1. The maximum atomic E-state index is 11.0. The SMILES string of the molecule is CCN(Cc1ccc(C(=O)O)cc1)Cc1cc(Br)ccc1OCc1ccccc1. The van der Waals surface area contributed by atoms with Crippen LogP contribution in [0.25, 0.3) is 0 Å². The number of hydrogen-bond donors (Lipinski definition) is 1. The van der Waals surface area contributed by atoms with Gasteiger partial charge in [0, 0.05) is 23.1 Å². The third-order valence-corrected chi connectivity index (χ3v) is 5.20. The molecule has 0 heterocycles. The number of carbonyl (C=O) groups is 1. The monoisotopic (exact) mass is 453 g/mol. The molecule has 4 nitrogen and oxygen atoms in total. The predicted octanol–water partition coefficient (Wildman–Crippen LogP) is 5.75. The van der Waals surface area contributed by atoms with Crippen molar-refractivity contribution >= 4 is 21.9 Å². The summed E-state index contributed by atoms with van der Waals surface area (Å²) in [6, 6.07) is 23.3. The van der Waals surface area contributed by atoms with E-state index in [-0.39, 0.29) is 0 Å². The molecule has 0 amide bonds. The second-order valence-corrected chi connectivity index (χ2v) is 7.75. The van der Waals surface area contributed by atoms with Gasteiger partial charge in [-0.2, -0.15) is 0 Å². The first-order valence-electron chi connectivity index (χ1n) is 9.55. The second kappa shape index (κ2) is 10.2. The van der Waals surface area contributed by atoms with Crippen LogP contribution in [-0.4, -0.2) is 22.5 Å². The molecule has 0 fully saturated rings. The van der Waals surface area contributed by atoms with Gasteiger partial charge in [0.05, 0.1) is 5.56 Å². The Morgan fingerprint density at radius 2 is 1.69 bits per heavy atom. The number of aromatic carboxylic acids is 1. The molecule has 29 heavy (non-hydrogen) atoms. The van der Waals surface area contributed by atoms with E-state index in [1.807, 2.05) is 42.5 Å². The normalized spacial score (nSPS) is 10.9. The van der Waals surface area contributed by atoms with E-state index < -0.39 is 5.97 Å². The number of halogens is 1. The fourth-order valence-corrected chi connectivity index (χ4v) is 3.49. The average molecular weight is 454 g/mol. The fraction of sp³-hybridized carbons (Fsp3) is 0.208. The van der Waals surface area contributed by atoms with Crippen molar-refractivity contribution in [2.24, 2.45) is 0 Å². The quantitative estimate of drug-likeness (QED) is 0.448. The largest absolute Gasteiger partial charge is 0.489 e. The van der Waals surface area contributed by atoms with Crippen LogP contribution in [0.4, 0.5) is 0 Å². The molecule has 0 unspecified atom stereocenters. The molecule has 1 N–H and O–H groups in total. The minimum Gasteiger partial charge on any atom is -0.489 e. The van der Waals surface area contributed by atoms with Gasteiger partial charge in [-0.15, -0.1) is 0 Å². The Morgan fingerprint density at radius 1 is 0.966 bits per heavy atom. The van der Waals surface area contributed by atoms with E-state index in [1.54, 1.807) is 12.1 Å². The third kappa shape index (κ3) is 6.17. The van der Waals surface area contributed by atoms with Crippen molar-refractivity contribution in [3.63, 3.8) is 0 Å². The van der Waals surface area contributed by atoms with Crippen molar-refractivity contribution in [1.82, 2.24) is 4.90 Å². The van der Waals surface area contributed by atoms with Gasteiger partial charge in [-0.1, -0.05) is 65.3 Å². The van der Waals surface area contributed by atoms with Crippen molar-refractivity contribution in [2.45, 2.75) is 26.6 Å².